The van der Waals surface area contributed by atoms with Crippen LogP contribution in [0.2, 0.25) is 0 Å². The third-order valence-corrected chi connectivity index (χ3v) is 2.83. The second kappa shape index (κ2) is 5.48. The molecule has 1 aliphatic rings. The molecule has 0 bridgehead atoms. The Kier molecular flexibility index (Phi) is 4.44. The average Bonchev–Trinajstić information content (AvgIpc) is 2.07. The molecule has 0 unspecified atom stereocenters. The van der Waals surface area contributed by atoms with E-state index in [0.29, 0.717) is 0 Å². The Morgan fingerprint density at radius 2 is 2.55 bits per heavy atom. The molecule has 0 fully saturated rings. The highest BCUT2D eigenvalue weighted by atomic mass is 32.2. The molecule has 0 aromatic heterocycles. The molecular weight excluding hydrogens is 152 g/mol. The number of allylic oxidation sites excluding steroid dienone is 3. The summed E-state index contributed by atoms with van der Waals surface area (Å²) in [5.74, 6) is 1.31. The second-order valence-corrected chi connectivity index (χ2v) is 3.96. The lowest BCUT2D eigenvalue weighted by atomic mass is 10.2. The smallest absolute Gasteiger partial charge is 0.00288 e. The van der Waals surface area contributed by atoms with E-state index in [1.165, 1.54) is 36.3 Å². The predicted molar refractivity (Wildman–Crippen MR) is 53.8 cm³/mol. The highest BCUT2D eigenvalue weighted by Crippen LogP contribution is 2.24. The Bertz CT molecular complexity index is 156. The van der Waals surface area contributed by atoms with E-state index in [-0.39, 0.29) is 0 Å². The third kappa shape index (κ3) is 3.66. The molecule has 1 heteroatoms. The molecule has 0 saturated carbocycles. The zero-order chi connectivity index (χ0) is 7.94. The Hall–Kier alpha value is -0.170. The van der Waals surface area contributed by atoms with Crippen LogP contribution < -0.4 is 0 Å². The largest absolute Gasteiger partial charge is 0.127 e. The molecule has 1 heterocycles. The first-order valence-corrected chi connectivity index (χ1v) is 5.41. The van der Waals surface area contributed by atoms with E-state index in [1.807, 2.05) is 11.8 Å². The molecule has 0 radical (unpaired) electrons. The fourth-order valence-corrected chi connectivity index (χ4v) is 2.03. The standard InChI is InChI=1S/C10H16S/c1-2-3-4-7-10-8-5-6-9-11-10/h4,7-8H,2-3,5-6,9H2,1H3/b7-4+. The van der Waals surface area contributed by atoms with Crippen molar-refractivity contribution in [2.24, 2.45) is 0 Å². The van der Waals surface area contributed by atoms with E-state index in [0.717, 1.165) is 0 Å². The van der Waals surface area contributed by atoms with E-state index in [2.05, 4.69) is 25.2 Å². The van der Waals surface area contributed by atoms with Crippen molar-refractivity contribution in [2.75, 3.05) is 5.75 Å². The summed E-state index contributed by atoms with van der Waals surface area (Å²) in [5, 5.41) is 0. The lowest BCUT2D eigenvalue weighted by Gasteiger charge is -2.07. The molecule has 0 aromatic rings. The lowest BCUT2D eigenvalue weighted by molar-refractivity contribution is 0.951. The Labute approximate surface area is 73.8 Å². The molecule has 11 heavy (non-hydrogen) atoms. The molecule has 0 aliphatic carbocycles. The molecule has 0 amide bonds. The van der Waals surface area contributed by atoms with E-state index in [4.69, 9.17) is 0 Å². The van der Waals surface area contributed by atoms with Crippen LogP contribution in [0.3, 0.4) is 0 Å². The van der Waals surface area contributed by atoms with Crippen LogP contribution in [-0.4, -0.2) is 5.75 Å². The summed E-state index contributed by atoms with van der Waals surface area (Å²) >= 11 is 1.99. The molecule has 0 nitrogen and oxygen atoms in total. The number of rotatable bonds is 3. The monoisotopic (exact) mass is 168 g/mol. The minimum atomic E-state index is 1.22. The molecule has 0 saturated heterocycles. The van der Waals surface area contributed by atoms with E-state index in [9.17, 15) is 0 Å². The molecule has 0 atom stereocenters. The predicted octanol–water partition coefficient (Wildman–Crippen LogP) is 3.75. The van der Waals surface area contributed by atoms with Crippen molar-refractivity contribution in [1.82, 2.24) is 0 Å². The van der Waals surface area contributed by atoms with Crippen LogP contribution in [0, 0.1) is 0 Å². The van der Waals surface area contributed by atoms with Crippen LogP contribution in [0.4, 0.5) is 0 Å². The van der Waals surface area contributed by atoms with Gasteiger partial charge < -0.3 is 0 Å². The topological polar surface area (TPSA) is 0 Å². The Morgan fingerprint density at radius 3 is 3.18 bits per heavy atom. The van der Waals surface area contributed by atoms with E-state index < -0.39 is 0 Å². The van der Waals surface area contributed by atoms with E-state index in [1.54, 1.807) is 0 Å². The number of hydrogen-bond acceptors (Lipinski definition) is 1. The second-order valence-electron chi connectivity index (χ2n) is 2.79. The van der Waals surface area contributed by atoms with Crippen LogP contribution >= 0.6 is 11.8 Å². The van der Waals surface area contributed by atoms with E-state index >= 15 is 0 Å². The van der Waals surface area contributed by atoms with Crippen molar-refractivity contribution >= 4 is 11.8 Å². The summed E-state index contributed by atoms with van der Waals surface area (Å²) in [6.45, 7) is 2.22. The summed E-state index contributed by atoms with van der Waals surface area (Å²) < 4.78 is 0. The van der Waals surface area contributed by atoms with Gasteiger partial charge in [0, 0.05) is 4.91 Å². The zero-order valence-corrected chi connectivity index (χ0v) is 7.99. The minimum absolute atomic E-state index is 1.22. The van der Waals surface area contributed by atoms with Crippen molar-refractivity contribution in [3.05, 3.63) is 23.1 Å². The van der Waals surface area contributed by atoms with Crippen LogP contribution in [0.1, 0.15) is 32.6 Å². The molecule has 0 spiro atoms. The minimum Gasteiger partial charge on any atom is -0.127 e. The maximum atomic E-state index is 2.35. The van der Waals surface area contributed by atoms with Crippen molar-refractivity contribution < 1.29 is 0 Å². The maximum Gasteiger partial charge on any atom is 0.00288 e. The van der Waals surface area contributed by atoms with Gasteiger partial charge in [0.2, 0.25) is 0 Å². The van der Waals surface area contributed by atoms with Crippen molar-refractivity contribution in [3.63, 3.8) is 0 Å². The fraction of sp³-hybridized carbons (Fsp3) is 0.600. The van der Waals surface area contributed by atoms with Gasteiger partial charge in [0.05, 0.1) is 0 Å². The van der Waals surface area contributed by atoms with Crippen LogP contribution in [-0.2, 0) is 0 Å². The number of hydrogen-bond donors (Lipinski definition) is 0. The van der Waals surface area contributed by atoms with Crippen molar-refractivity contribution in [2.45, 2.75) is 32.6 Å². The Morgan fingerprint density at radius 1 is 1.64 bits per heavy atom. The van der Waals surface area contributed by atoms with Gasteiger partial charge in [-0.05, 0) is 25.0 Å². The zero-order valence-electron chi connectivity index (χ0n) is 7.18. The van der Waals surface area contributed by atoms with Gasteiger partial charge in [-0.2, -0.15) is 0 Å². The Balaban J connectivity index is 2.29. The number of thioether (sulfide) groups is 1. The van der Waals surface area contributed by atoms with Crippen molar-refractivity contribution in [3.8, 4) is 0 Å². The highest BCUT2D eigenvalue weighted by molar-refractivity contribution is 8.03. The molecule has 62 valence electrons. The number of unbranched alkanes of at least 4 members (excludes halogenated alkanes) is 1. The quantitative estimate of drug-likeness (QED) is 0.618. The van der Waals surface area contributed by atoms with Crippen LogP contribution in [0.5, 0.6) is 0 Å². The first kappa shape index (κ1) is 8.92. The maximum absolute atomic E-state index is 2.35. The van der Waals surface area contributed by atoms with Gasteiger partial charge in [-0.15, -0.1) is 11.8 Å². The van der Waals surface area contributed by atoms with Gasteiger partial charge in [-0.25, -0.2) is 0 Å². The average molecular weight is 168 g/mol. The molecule has 1 aliphatic heterocycles. The van der Waals surface area contributed by atoms with Crippen LogP contribution in [0.25, 0.3) is 0 Å². The third-order valence-electron chi connectivity index (χ3n) is 1.70. The van der Waals surface area contributed by atoms with Gasteiger partial charge in [-0.1, -0.05) is 31.6 Å². The first-order chi connectivity index (χ1) is 5.43. The summed E-state index contributed by atoms with van der Waals surface area (Å²) in [7, 11) is 0. The first-order valence-electron chi connectivity index (χ1n) is 4.43. The summed E-state index contributed by atoms with van der Waals surface area (Å²) in [6, 6.07) is 0. The molecule has 1 rings (SSSR count). The lowest BCUT2D eigenvalue weighted by Crippen LogP contribution is -1.86. The van der Waals surface area contributed by atoms with Crippen LogP contribution in [0.15, 0.2) is 23.1 Å². The normalized spacial score (nSPS) is 18.8. The van der Waals surface area contributed by atoms with Gasteiger partial charge in [0.15, 0.2) is 0 Å². The molecule has 0 N–H and O–H groups in total. The molecule has 0 aromatic carbocycles. The summed E-state index contributed by atoms with van der Waals surface area (Å²) in [5.41, 5.74) is 0. The fourth-order valence-electron chi connectivity index (χ4n) is 1.06. The molecular formula is C10H16S. The highest BCUT2D eigenvalue weighted by Gasteiger charge is 1.98. The summed E-state index contributed by atoms with van der Waals surface area (Å²) in [4.78, 5) is 1.48. The van der Waals surface area contributed by atoms with Gasteiger partial charge >= 0.3 is 0 Å². The van der Waals surface area contributed by atoms with Gasteiger partial charge in [0.25, 0.3) is 0 Å². The SMILES string of the molecule is CCC/C=C/C1=CCCCS1. The van der Waals surface area contributed by atoms with Gasteiger partial charge in [0.1, 0.15) is 0 Å². The summed E-state index contributed by atoms with van der Waals surface area (Å²) in [6.07, 6.45) is 12.0. The van der Waals surface area contributed by atoms with Gasteiger partial charge in [-0.3, -0.25) is 0 Å². The van der Waals surface area contributed by atoms with Crippen molar-refractivity contribution in [1.29, 1.82) is 0 Å².